The summed E-state index contributed by atoms with van der Waals surface area (Å²) in [7, 11) is 0. The first-order chi connectivity index (χ1) is 10.3. The molecule has 112 valence electrons. The molecule has 0 radical (unpaired) electrons. The molecule has 5 nitrogen and oxygen atoms in total. The van der Waals surface area contributed by atoms with Gasteiger partial charge < -0.3 is 9.52 Å². The molecule has 0 saturated heterocycles. The van der Waals surface area contributed by atoms with Gasteiger partial charge in [-0.15, -0.1) is 10.2 Å². The number of rotatable bonds is 7. The van der Waals surface area contributed by atoms with Gasteiger partial charge in [-0.3, -0.25) is 4.90 Å². The van der Waals surface area contributed by atoms with Crippen molar-refractivity contribution in [3.63, 3.8) is 0 Å². The molecule has 2 aromatic rings. The highest BCUT2D eigenvalue weighted by molar-refractivity contribution is 5.14. The number of aliphatic hydroxyl groups is 1. The van der Waals surface area contributed by atoms with Crippen LogP contribution in [0.4, 0.5) is 0 Å². The zero-order chi connectivity index (χ0) is 14.5. The van der Waals surface area contributed by atoms with E-state index in [-0.39, 0.29) is 6.61 Å². The van der Waals surface area contributed by atoms with Crippen LogP contribution in [0.25, 0.3) is 0 Å². The van der Waals surface area contributed by atoms with E-state index in [9.17, 15) is 5.11 Å². The number of aliphatic hydroxyl groups excluding tert-OH is 1. The minimum Gasteiger partial charge on any atom is -0.424 e. The maximum absolute atomic E-state index is 9.23. The zero-order valence-electron chi connectivity index (χ0n) is 12.1. The second kappa shape index (κ2) is 6.83. The Kier molecular flexibility index (Phi) is 4.62. The molecule has 1 fully saturated rings. The highest BCUT2D eigenvalue weighted by Gasteiger charge is 2.25. The maximum Gasteiger partial charge on any atom is 0.230 e. The van der Waals surface area contributed by atoms with Crippen molar-refractivity contribution in [1.82, 2.24) is 15.1 Å². The van der Waals surface area contributed by atoms with Crippen LogP contribution in [0.15, 0.2) is 34.7 Å². The fourth-order valence-electron chi connectivity index (χ4n) is 2.54. The van der Waals surface area contributed by atoms with Gasteiger partial charge in [-0.1, -0.05) is 36.8 Å². The first-order valence-electron chi connectivity index (χ1n) is 7.54. The van der Waals surface area contributed by atoms with Gasteiger partial charge in [0.1, 0.15) is 0 Å². The summed E-state index contributed by atoms with van der Waals surface area (Å²) < 4.78 is 5.76. The molecule has 0 aliphatic heterocycles. The molecule has 0 spiro atoms. The van der Waals surface area contributed by atoms with Gasteiger partial charge in [0.15, 0.2) is 0 Å². The van der Waals surface area contributed by atoms with Gasteiger partial charge in [-0.05, 0) is 18.4 Å². The summed E-state index contributed by atoms with van der Waals surface area (Å²) >= 11 is 0. The molecule has 1 aromatic heterocycles. The summed E-state index contributed by atoms with van der Waals surface area (Å²) in [6.45, 7) is 2.06. The molecule has 0 amide bonds. The molecule has 1 saturated carbocycles. The Bertz CT molecular complexity index is 552. The van der Waals surface area contributed by atoms with Crippen LogP contribution in [-0.2, 0) is 13.1 Å². The number of benzene rings is 1. The molecule has 5 heteroatoms. The molecule has 21 heavy (non-hydrogen) atoms. The fourth-order valence-corrected chi connectivity index (χ4v) is 2.54. The molecule has 0 atom stereocenters. The lowest BCUT2D eigenvalue weighted by atomic mass is 9.85. The van der Waals surface area contributed by atoms with Crippen molar-refractivity contribution in [1.29, 1.82) is 0 Å². The smallest absolute Gasteiger partial charge is 0.230 e. The van der Waals surface area contributed by atoms with Crippen molar-refractivity contribution in [3.05, 3.63) is 47.7 Å². The predicted octanol–water partition coefficient (Wildman–Crippen LogP) is 2.33. The van der Waals surface area contributed by atoms with E-state index in [2.05, 4.69) is 27.2 Å². The number of aromatic nitrogens is 2. The number of hydrogen-bond donors (Lipinski definition) is 1. The van der Waals surface area contributed by atoms with Gasteiger partial charge in [0, 0.05) is 19.0 Å². The normalized spacial score (nSPS) is 15.3. The zero-order valence-corrected chi connectivity index (χ0v) is 12.1. The molecule has 0 bridgehead atoms. The summed E-state index contributed by atoms with van der Waals surface area (Å²) in [5.74, 6) is 1.88. The molecule has 1 aliphatic rings. The monoisotopic (exact) mass is 287 g/mol. The Morgan fingerprint density at radius 2 is 1.95 bits per heavy atom. The summed E-state index contributed by atoms with van der Waals surface area (Å²) in [5.41, 5.74) is 1.21. The summed E-state index contributed by atoms with van der Waals surface area (Å²) in [5, 5.41) is 17.5. The Labute approximate surface area is 124 Å². The third-order valence-corrected chi connectivity index (χ3v) is 3.96. The lowest BCUT2D eigenvalue weighted by Gasteiger charge is -2.21. The van der Waals surface area contributed by atoms with E-state index >= 15 is 0 Å². The molecular weight excluding hydrogens is 266 g/mol. The van der Waals surface area contributed by atoms with Gasteiger partial charge >= 0.3 is 0 Å². The van der Waals surface area contributed by atoms with Gasteiger partial charge in [0.05, 0.1) is 13.2 Å². The topological polar surface area (TPSA) is 62.4 Å². The van der Waals surface area contributed by atoms with Crippen molar-refractivity contribution in [2.75, 3.05) is 13.2 Å². The second-order valence-electron chi connectivity index (χ2n) is 5.58. The minimum absolute atomic E-state index is 0.121. The van der Waals surface area contributed by atoms with E-state index in [0.29, 0.717) is 24.9 Å². The van der Waals surface area contributed by atoms with E-state index < -0.39 is 0 Å². The number of nitrogens with zero attached hydrogens (tertiary/aromatic N) is 3. The Morgan fingerprint density at radius 3 is 2.62 bits per heavy atom. The Morgan fingerprint density at radius 1 is 1.14 bits per heavy atom. The van der Waals surface area contributed by atoms with Crippen LogP contribution < -0.4 is 0 Å². The van der Waals surface area contributed by atoms with Gasteiger partial charge in [0.25, 0.3) is 0 Å². The predicted molar refractivity (Wildman–Crippen MR) is 78.5 cm³/mol. The van der Waals surface area contributed by atoms with Crippen molar-refractivity contribution < 1.29 is 9.52 Å². The van der Waals surface area contributed by atoms with Crippen LogP contribution in [0.3, 0.4) is 0 Å². The van der Waals surface area contributed by atoms with E-state index in [1.54, 1.807) is 0 Å². The summed E-state index contributed by atoms with van der Waals surface area (Å²) in [6.07, 6.45) is 3.57. The maximum atomic E-state index is 9.23. The fraction of sp³-hybridized carbons (Fsp3) is 0.500. The average molecular weight is 287 g/mol. The third-order valence-electron chi connectivity index (χ3n) is 3.96. The third kappa shape index (κ3) is 3.68. The van der Waals surface area contributed by atoms with Gasteiger partial charge in [-0.25, -0.2) is 0 Å². The second-order valence-corrected chi connectivity index (χ2v) is 5.58. The molecule has 1 N–H and O–H groups in total. The van der Waals surface area contributed by atoms with Crippen molar-refractivity contribution >= 4 is 0 Å². The van der Waals surface area contributed by atoms with E-state index in [1.165, 1.54) is 12.0 Å². The van der Waals surface area contributed by atoms with Crippen LogP contribution in [0, 0.1) is 0 Å². The first-order valence-corrected chi connectivity index (χ1v) is 7.54. The Hall–Kier alpha value is -1.72. The lowest BCUT2D eigenvalue weighted by Crippen LogP contribution is -2.26. The minimum atomic E-state index is 0.121. The van der Waals surface area contributed by atoms with E-state index in [0.717, 1.165) is 25.3 Å². The average Bonchev–Trinajstić information content (AvgIpc) is 2.86. The van der Waals surface area contributed by atoms with Gasteiger partial charge in [0.2, 0.25) is 11.8 Å². The molecule has 1 aromatic carbocycles. The van der Waals surface area contributed by atoms with Crippen LogP contribution in [-0.4, -0.2) is 33.4 Å². The molecule has 1 aliphatic carbocycles. The summed E-state index contributed by atoms with van der Waals surface area (Å²) in [6, 6.07) is 10.2. The van der Waals surface area contributed by atoms with Crippen molar-refractivity contribution in [3.8, 4) is 0 Å². The first kappa shape index (κ1) is 14.2. The lowest BCUT2D eigenvalue weighted by molar-refractivity contribution is 0.170. The Balaban J connectivity index is 1.62. The van der Waals surface area contributed by atoms with Crippen LogP contribution >= 0.6 is 0 Å². The molecule has 1 heterocycles. The van der Waals surface area contributed by atoms with E-state index in [4.69, 9.17) is 4.42 Å². The van der Waals surface area contributed by atoms with Gasteiger partial charge in [-0.2, -0.15) is 0 Å². The largest absolute Gasteiger partial charge is 0.424 e. The standard InChI is InChI=1S/C16H21N3O2/c20-10-9-19(11-13-5-2-1-3-6-13)12-15-17-18-16(21-15)14-7-4-8-14/h1-3,5-6,14,20H,4,7-12H2. The van der Waals surface area contributed by atoms with Crippen LogP contribution in [0.5, 0.6) is 0 Å². The van der Waals surface area contributed by atoms with Crippen LogP contribution in [0.2, 0.25) is 0 Å². The van der Waals surface area contributed by atoms with Crippen molar-refractivity contribution in [2.45, 2.75) is 38.3 Å². The van der Waals surface area contributed by atoms with E-state index in [1.807, 2.05) is 18.2 Å². The molecule has 3 rings (SSSR count). The highest BCUT2D eigenvalue weighted by atomic mass is 16.4. The number of hydrogen-bond acceptors (Lipinski definition) is 5. The molecule has 0 unspecified atom stereocenters. The quantitative estimate of drug-likeness (QED) is 0.847. The van der Waals surface area contributed by atoms with Crippen molar-refractivity contribution in [2.24, 2.45) is 0 Å². The van der Waals surface area contributed by atoms with Crippen LogP contribution in [0.1, 0.15) is 42.5 Å². The molecular formula is C16H21N3O2. The highest BCUT2D eigenvalue weighted by Crippen LogP contribution is 2.35. The SMILES string of the molecule is OCCN(Cc1ccccc1)Cc1nnc(C2CCC2)o1. The summed E-state index contributed by atoms with van der Waals surface area (Å²) in [4.78, 5) is 2.12.